The molecule has 52 heavy (non-hydrogen) atoms. The van der Waals surface area contributed by atoms with Crippen LogP contribution in [0, 0.1) is 0 Å². The highest BCUT2D eigenvalue weighted by Crippen LogP contribution is 2.52. The van der Waals surface area contributed by atoms with Crippen molar-refractivity contribution < 1.29 is 4.42 Å². The Morgan fingerprint density at radius 2 is 1.04 bits per heavy atom. The molecule has 0 aliphatic carbocycles. The molecule has 244 valence electrons. The number of para-hydroxylation sites is 1. The molecule has 0 bridgehead atoms. The zero-order valence-corrected chi connectivity index (χ0v) is 29.5. The van der Waals surface area contributed by atoms with Crippen molar-refractivity contribution >= 4 is 102 Å². The summed E-state index contributed by atoms with van der Waals surface area (Å²) in [5.41, 5.74) is 9.91. The van der Waals surface area contributed by atoms with E-state index < -0.39 is 0 Å². The highest BCUT2D eigenvalue weighted by molar-refractivity contribution is 7.27. The monoisotopic (exact) mass is 699 g/mol. The summed E-state index contributed by atoms with van der Waals surface area (Å²) in [5, 5.41) is 7.35. The van der Waals surface area contributed by atoms with Gasteiger partial charge in [0.2, 0.25) is 0 Å². The predicted octanol–water partition coefficient (Wildman–Crippen LogP) is 15.1. The van der Waals surface area contributed by atoms with Crippen LogP contribution >= 0.6 is 22.7 Å². The number of anilines is 3. The van der Waals surface area contributed by atoms with Crippen molar-refractivity contribution in [3.05, 3.63) is 176 Å². The van der Waals surface area contributed by atoms with Crippen LogP contribution in [0.5, 0.6) is 0 Å². The summed E-state index contributed by atoms with van der Waals surface area (Å²) in [5.74, 6) is 0. The largest absolute Gasteiger partial charge is 0.454 e. The maximum absolute atomic E-state index is 6.92. The van der Waals surface area contributed by atoms with E-state index in [1.165, 1.54) is 68.0 Å². The third-order valence-corrected chi connectivity index (χ3v) is 12.8. The molecule has 0 fully saturated rings. The van der Waals surface area contributed by atoms with E-state index in [2.05, 4.69) is 181 Å². The lowest BCUT2D eigenvalue weighted by Gasteiger charge is -2.26. The van der Waals surface area contributed by atoms with Crippen LogP contribution in [0.25, 0.3) is 84.5 Å². The van der Waals surface area contributed by atoms with Gasteiger partial charge in [-0.1, -0.05) is 140 Å². The fourth-order valence-corrected chi connectivity index (χ4v) is 10.5. The highest BCUT2D eigenvalue weighted by Gasteiger charge is 2.26. The van der Waals surface area contributed by atoms with Gasteiger partial charge in [-0.05, 0) is 58.7 Å². The second kappa shape index (κ2) is 11.7. The van der Waals surface area contributed by atoms with E-state index in [-0.39, 0.29) is 0 Å². The van der Waals surface area contributed by atoms with E-state index in [9.17, 15) is 0 Å². The lowest BCUT2D eigenvalue weighted by Crippen LogP contribution is -2.10. The first-order chi connectivity index (χ1) is 25.8. The van der Waals surface area contributed by atoms with Crippen LogP contribution in [0.4, 0.5) is 17.1 Å². The van der Waals surface area contributed by atoms with Crippen LogP contribution in [0.2, 0.25) is 0 Å². The van der Waals surface area contributed by atoms with Gasteiger partial charge in [0.1, 0.15) is 5.58 Å². The first kappa shape index (κ1) is 29.5. The minimum atomic E-state index is 0.899. The van der Waals surface area contributed by atoms with Crippen molar-refractivity contribution in [3.8, 4) is 22.3 Å². The van der Waals surface area contributed by atoms with Gasteiger partial charge in [0.05, 0.1) is 16.1 Å². The molecule has 2 nitrogen and oxygen atoms in total. The van der Waals surface area contributed by atoms with Gasteiger partial charge in [-0.3, -0.25) is 0 Å². The maximum Gasteiger partial charge on any atom is 0.160 e. The van der Waals surface area contributed by atoms with Crippen LogP contribution in [0.1, 0.15) is 0 Å². The Morgan fingerprint density at radius 3 is 1.85 bits per heavy atom. The Hall–Kier alpha value is -6.20. The van der Waals surface area contributed by atoms with E-state index in [1.54, 1.807) is 0 Å². The number of rotatable bonds is 5. The second-order valence-electron chi connectivity index (χ2n) is 13.2. The standard InChI is InChI=1S/C48H29NOS2/c1-3-13-30(14-4-1)31-25-27-33(28-26-31)49(40-22-12-21-37-36-20-11-19-34(46(36)52-47(37)40)32-15-5-2-6-16-32)41-29-39-35-17-8-10-24-43(35)51-48(39)44-38-18-7-9-23-42(38)50-45(41)44/h1-29H. The Morgan fingerprint density at radius 1 is 0.404 bits per heavy atom. The zero-order chi connectivity index (χ0) is 34.2. The maximum atomic E-state index is 6.92. The summed E-state index contributed by atoms with van der Waals surface area (Å²) in [6.07, 6.45) is 0. The van der Waals surface area contributed by atoms with Crippen molar-refractivity contribution in [2.75, 3.05) is 4.90 Å². The minimum Gasteiger partial charge on any atom is -0.454 e. The van der Waals surface area contributed by atoms with E-state index in [4.69, 9.17) is 4.42 Å². The molecule has 11 rings (SSSR count). The lowest BCUT2D eigenvalue weighted by molar-refractivity contribution is 0.669. The van der Waals surface area contributed by atoms with E-state index in [0.717, 1.165) is 33.6 Å². The molecule has 4 heteroatoms. The van der Waals surface area contributed by atoms with Gasteiger partial charge < -0.3 is 9.32 Å². The van der Waals surface area contributed by atoms with Crippen molar-refractivity contribution in [1.29, 1.82) is 0 Å². The molecular weight excluding hydrogens is 671 g/mol. The van der Waals surface area contributed by atoms with E-state index >= 15 is 0 Å². The lowest BCUT2D eigenvalue weighted by atomic mass is 10.0. The molecule has 0 saturated heterocycles. The molecule has 0 saturated carbocycles. The van der Waals surface area contributed by atoms with Crippen LogP contribution < -0.4 is 4.90 Å². The number of hydrogen-bond acceptors (Lipinski definition) is 4. The molecule has 0 amide bonds. The number of fused-ring (bicyclic) bond motifs is 10. The summed E-state index contributed by atoms with van der Waals surface area (Å²) in [6, 6.07) is 63.4. The molecule has 0 aliphatic rings. The molecule has 3 heterocycles. The average Bonchev–Trinajstić information content (AvgIpc) is 3.91. The summed E-state index contributed by atoms with van der Waals surface area (Å²) < 4.78 is 12.0. The van der Waals surface area contributed by atoms with Gasteiger partial charge in [-0.15, -0.1) is 22.7 Å². The summed E-state index contributed by atoms with van der Waals surface area (Å²) in [7, 11) is 0. The van der Waals surface area contributed by atoms with Crippen LogP contribution in [-0.2, 0) is 0 Å². The second-order valence-corrected chi connectivity index (χ2v) is 15.3. The highest BCUT2D eigenvalue weighted by atomic mass is 32.1. The van der Waals surface area contributed by atoms with Crippen molar-refractivity contribution in [2.24, 2.45) is 0 Å². The molecule has 0 unspecified atom stereocenters. The summed E-state index contributed by atoms with van der Waals surface area (Å²) >= 11 is 3.73. The van der Waals surface area contributed by atoms with E-state index in [0.29, 0.717) is 0 Å². The van der Waals surface area contributed by atoms with Crippen molar-refractivity contribution in [2.45, 2.75) is 0 Å². The Balaban J connectivity index is 1.24. The van der Waals surface area contributed by atoms with Gasteiger partial charge in [-0.25, -0.2) is 0 Å². The molecule has 0 spiro atoms. The van der Waals surface area contributed by atoms with Gasteiger partial charge in [0.15, 0.2) is 5.58 Å². The Kier molecular flexibility index (Phi) is 6.63. The summed E-state index contributed by atoms with van der Waals surface area (Å²) in [4.78, 5) is 2.44. The smallest absolute Gasteiger partial charge is 0.160 e. The molecule has 0 atom stereocenters. The third-order valence-electron chi connectivity index (χ3n) is 10.3. The normalized spacial score (nSPS) is 11.8. The summed E-state index contributed by atoms with van der Waals surface area (Å²) in [6.45, 7) is 0. The van der Waals surface area contributed by atoms with Gasteiger partial charge in [-0.2, -0.15) is 0 Å². The van der Waals surface area contributed by atoms with Gasteiger partial charge in [0.25, 0.3) is 0 Å². The van der Waals surface area contributed by atoms with Crippen molar-refractivity contribution in [1.82, 2.24) is 0 Å². The SMILES string of the molecule is c1ccc(-c2ccc(N(c3cc4c5ccccc5sc4c4c3oc3ccccc34)c3cccc4c3sc3c(-c5ccccc5)cccc34)cc2)cc1. The molecule has 0 radical (unpaired) electrons. The zero-order valence-electron chi connectivity index (χ0n) is 27.9. The number of furan rings is 1. The number of nitrogens with zero attached hydrogens (tertiary/aromatic N) is 1. The molecule has 8 aromatic carbocycles. The number of thiophene rings is 2. The fraction of sp³-hybridized carbons (Fsp3) is 0. The van der Waals surface area contributed by atoms with Gasteiger partial charge >= 0.3 is 0 Å². The Bertz CT molecular complexity index is 3120. The molecule has 3 aromatic heterocycles. The quantitative estimate of drug-likeness (QED) is 0.178. The van der Waals surface area contributed by atoms with Crippen molar-refractivity contribution in [3.63, 3.8) is 0 Å². The average molecular weight is 700 g/mol. The van der Waals surface area contributed by atoms with Gasteiger partial charge in [0, 0.05) is 52.1 Å². The first-order valence-electron chi connectivity index (χ1n) is 17.5. The molecule has 0 N–H and O–H groups in total. The number of benzene rings is 8. The molecular formula is C48H29NOS2. The third kappa shape index (κ3) is 4.48. The fourth-order valence-electron chi connectivity index (χ4n) is 7.88. The Labute approximate surface area is 308 Å². The van der Waals surface area contributed by atoms with Crippen LogP contribution in [0.15, 0.2) is 180 Å². The van der Waals surface area contributed by atoms with Crippen LogP contribution in [-0.4, -0.2) is 0 Å². The topological polar surface area (TPSA) is 16.4 Å². The predicted molar refractivity (Wildman–Crippen MR) is 225 cm³/mol. The molecule has 0 aliphatic heterocycles. The first-order valence-corrected chi connectivity index (χ1v) is 19.1. The minimum absolute atomic E-state index is 0.899. The van der Waals surface area contributed by atoms with E-state index in [1.807, 2.05) is 22.7 Å². The van der Waals surface area contributed by atoms with Crippen LogP contribution in [0.3, 0.4) is 0 Å². The molecule has 11 aromatic rings. The number of hydrogen-bond donors (Lipinski definition) is 0.